The first-order chi connectivity index (χ1) is 8.20. The maximum Gasteiger partial charge on any atom is 1.00 e. The second-order valence-electron chi connectivity index (χ2n) is 8.92. The maximum absolute atomic E-state index is 12.3. The minimum atomic E-state index is -3.23. The molecule has 0 aromatic heterocycles. The van der Waals surface area contributed by atoms with Gasteiger partial charge in [0.25, 0.3) is 0 Å². The molecule has 4 heteroatoms. The van der Waals surface area contributed by atoms with Crippen LogP contribution in [0.2, 0.25) is 0 Å². The maximum atomic E-state index is 12.3. The predicted molar refractivity (Wildman–Crippen MR) is 83.8 cm³/mol. The van der Waals surface area contributed by atoms with E-state index in [1.165, 1.54) is 0 Å². The van der Waals surface area contributed by atoms with Gasteiger partial charge in [0.2, 0.25) is 0 Å². The van der Waals surface area contributed by atoms with Crippen molar-refractivity contribution in [2.45, 2.75) is 68.2 Å². The molecule has 2 atom stereocenters. The van der Waals surface area contributed by atoms with Crippen LogP contribution in [0, 0.1) is 22.7 Å². The van der Waals surface area contributed by atoms with Crippen molar-refractivity contribution in [1.29, 1.82) is 0 Å². The Balaban J connectivity index is 0. The summed E-state index contributed by atoms with van der Waals surface area (Å²) < 4.78 is 12.3. The van der Waals surface area contributed by atoms with Gasteiger partial charge in [-0.15, -0.1) is 0 Å². The molecule has 0 aliphatic heterocycles. The molecule has 0 aliphatic rings. The molecule has 0 saturated carbocycles. The standard InChI is InChI=1S/C16H35O2P.Na/c1-13(9-15(3,4)5)11-19(17,18)12-14(2)10-16(6,7)8;/h13-14H,9-12H2,1-8H3,(H,17,18);/q;+1/p-1. The molecule has 0 bridgehead atoms. The van der Waals surface area contributed by atoms with Gasteiger partial charge in [-0.05, 0) is 47.8 Å². The average Bonchev–Trinajstić information content (AvgIpc) is 1.89. The zero-order chi connectivity index (χ0) is 15.5. The molecular weight excluding hydrogens is 278 g/mol. The van der Waals surface area contributed by atoms with Crippen molar-refractivity contribution in [2.75, 3.05) is 12.3 Å². The Kier molecular flexibility index (Phi) is 10.2. The van der Waals surface area contributed by atoms with Gasteiger partial charge in [0, 0.05) is 7.37 Å². The Labute approximate surface area is 149 Å². The normalized spacial score (nSPS) is 18.9. The predicted octanol–water partition coefficient (Wildman–Crippen LogP) is 1.77. The molecule has 0 N–H and O–H groups in total. The van der Waals surface area contributed by atoms with Gasteiger partial charge in [-0.1, -0.05) is 55.4 Å². The van der Waals surface area contributed by atoms with Crippen molar-refractivity contribution in [3.05, 3.63) is 0 Å². The fraction of sp³-hybridized carbons (Fsp3) is 1.00. The van der Waals surface area contributed by atoms with Gasteiger partial charge in [0.1, 0.15) is 0 Å². The first-order valence-corrected chi connectivity index (χ1v) is 9.49. The Morgan fingerprint density at radius 3 is 1.30 bits per heavy atom. The van der Waals surface area contributed by atoms with Gasteiger partial charge in [-0.25, -0.2) is 0 Å². The first-order valence-electron chi connectivity index (χ1n) is 7.49. The number of hydrogen-bond acceptors (Lipinski definition) is 2. The molecule has 0 fully saturated rings. The summed E-state index contributed by atoms with van der Waals surface area (Å²) in [7, 11) is -3.23. The molecule has 0 aromatic carbocycles. The van der Waals surface area contributed by atoms with Crippen molar-refractivity contribution in [3.8, 4) is 0 Å². The van der Waals surface area contributed by atoms with Crippen LogP contribution in [-0.4, -0.2) is 12.3 Å². The minimum absolute atomic E-state index is 0. The molecular formula is C16H34NaO2P. The van der Waals surface area contributed by atoms with E-state index in [0.29, 0.717) is 12.3 Å². The average molecular weight is 312 g/mol. The van der Waals surface area contributed by atoms with Crippen molar-refractivity contribution in [1.82, 2.24) is 0 Å². The van der Waals surface area contributed by atoms with E-state index in [1.807, 2.05) is 0 Å². The largest absolute Gasteiger partial charge is 1.00 e. The molecule has 0 saturated heterocycles. The minimum Gasteiger partial charge on any atom is -0.799 e. The summed E-state index contributed by atoms with van der Waals surface area (Å²) >= 11 is 0. The van der Waals surface area contributed by atoms with Crippen LogP contribution in [0.5, 0.6) is 0 Å². The molecule has 0 rings (SSSR count). The first kappa shape index (κ1) is 23.5. The van der Waals surface area contributed by atoms with Crippen LogP contribution in [0.4, 0.5) is 0 Å². The molecule has 116 valence electrons. The van der Waals surface area contributed by atoms with Crippen LogP contribution in [0.15, 0.2) is 0 Å². The topological polar surface area (TPSA) is 40.1 Å². The van der Waals surface area contributed by atoms with Crippen LogP contribution in [0.1, 0.15) is 68.2 Å². The van der Waals surface area contributed by atoms with E-state index >= 15 is 0 Å². The van der Waals surface area contributed by atoms with Gasteiger partial charge in [-0.3, -0.25) is 0 Å². The summed E-state index contributed by atoms with van der Waals surface area (Å²) in [4.78, 5) is 12.3. The van der Waals surface area contributed by atoms with Crippen molar-refractivity contribution in [3.63, 3.8) is 0 Å². The van der Waals surface area contributed by atoms with Gasteiger partial charge in [-0.2, -0.15) is 0 Å². The molecule has 0 spiro atoms. The third-order valence-electron chi connectivity index (χ3n) is 3.10. The summed E-state index contributed by atoms with van der Waals surface area (Å²) in [5.41, 5.74) is 0.410. The summed E-state index contributed by atoms with van der Waals surface area (Å²) in [6, 6.07) is 0. The molecule has 0 amide bonds. The molecule has 2 unspecified atom stereocenters. The van der Waals surface area contributed by atoms with Crippen molar-refractivity contribution in [2.24, 2.45) is 22.7 Å². The van der Waals surface area contributed by atoms with E-state index in [1.54, 1.807) is 0 Å². The zero-order valence-electron chi connectivity index (χ0n) is 15.2. The summed E-state index contributed by atoms with van der Waals surface area (Å²) in [6.07, 6.45) is 2.65. The molecule has 20 heavy (non-hydrogen) atoms. The van der Waals surface area contributed by atoms with Crippen molar-refractivity contribution >= 4 is 7.37 Å². The fourth-order valence-corrected chi connectivity index (χ4v) is 5.55. The van der Waals surface area contributed by atoms with E-state index in [-0.39, 0.29) is 52.2 Å². The van der Waals surface area contributed by atoms with Gasteiger partial charge in [0.15, 0.2) is 0 Å². The van der Waals surface area contributed by atoms with Gasteiger partial charge in [0.05, 0.1) is 0 Å². The Hall–Kier alpha value is 1.19. The SMILES string of the molecule is CC(CC(C)(C)C)CP(=O)([O-])CC(C)CC(C)(C)C.[Na+]. The molecule has 0 heterocycles. The third-order valence-corrected chi connectivity index (χ3v) is 5.46. The van der Waals surface area contributed by atoms with E-state index in [2.05, 4.69) is 55.4 Å². The van der Waals surface area contributed by atoms with Crippen LogP contribution in [-0.2, 0) is 4.57 Å². The zero-order valence-corrected chi connectivity index (χ0v) is 18.1. The smallest absolute Gasteiger partial charge is 0.799 e. The fourth-order valence-electron chi connectivity index (χ4n) is 3.24. The molecule has 0 aromatic rings. The summed E-state index contributed by atoms with van der Waals surface area (Å²) in [5.74, 6) is 0.510. The number of rotatable bonds is 6. The van der Waals surface area contributed by atoms with Crippen LogP contribution < -0.4 is 34.5 Å². The monoisotopic (exact) mass is 312 g/mol. The number of hydrogen-bond donors (Lipinski definition) is 0. The Morgan fingerprint density at radius 1 is 0.850 bits per heavy atom. The third kappa shape index (κ3) is 14.1. The quantitative estimate of drug-likeness (QED) is 0.554. The second kappa shape index (κ2) is 8.73. The molecule has 2 nitrogen and oxygen atoms in total. The van der Waals surface area contributed by atoms with E-state index in [4.69, 9.17) is 0 Å². The Morgan fingerprint density at radius 2 is 1.10 bits per heavy atom. The van der Waals surface area contributed by atoms with Crippen molar-refractivity contribution < 1.29 is 39.0 Å². The summed E-state index contributed by atoms with van der Waals surface area (Å²) in [5, 5.41) is 0. The van der Waals surface area contributed by atoms with Crippen LogP contribution in [0.25, 0.3) is 0 Å². The molecule has 0 radical (unpaired) electrons. The van der Waals surface area contributed by atoms with Gasteiger partial charge < -0.3 is 9.46 Å². The second-order valence-corrected chi connectivity index (χ2v) is 11.3. The van der Waals surface area contributed by atoms with Crippen LogP contribution in [0.3, 0.4) is 0 Å². The van der Waals surface area contributed by atoms with E-state index < -0.39 is 7.37 Å². The van der Waals surface area contributed by atoms with Crippen LogP contribution >= 0.6 is 7.37 Å². The van der Waals surface area contributed by atoms with Gasteiger partial charge >= 0.3 is 29.6 Å². The summed E-state index contributed by atoms with van der Waals surface area (Å²) in [6.45, 7) is 17.1. The molecule has 0 aliphatic carbocycles. The Bertz CT molecular complexity index is 287. The van der Waals surface area contributed by atoms with E-state index in [0.717, 1.165) is 12.8 Å². The van der Waals surface area contributed by atoms with E-state index in [9.17, 15) is 9.46 Å².